The molecule has 174 valence electrons. The molecule has 1 saturated heterocycles. The van der Waals surface area contributed by atoms with Crippen LogP contribution in [-0.4, -0.2) is 64.4 Å². The number of carbonyl (C=O) groups excluding carboxylic acids is 2. The van der Waals surface area contributed by atoms with Crippen LogP contribution >= 0.6 is 0 Å². The van der Waals surface area contributed by atoms with Gasteiger partial charge in [-0.25, -0.2) is 9.59 Å². The zero-order chi connectivity index (χ0) is 23.5. The molecule has 2 amide bonds. The second kappa shape index (κ2) is 9.62. The quantitative estimate of drug-likeness (QED) is 0.595. The maximum Gasteiger partial charge on any atom is 0.407 e. The van der Waals surface area contributed by atoms with E-state index in [9.17, 15) is 24.6 Å². The van der Waals surface area contributed by atoms with Crippen molar-refractivity contribution >= 4 is 18.0 Å². The van der Waals surface area contributed by atoms with Gasteiger partial charge >= 0.3 is 12.1 Å². The van der Waals surface area contributed by atoms with Crippen LogP contribution in [0.15, 0.2) is 48.5 Å². The van der Waals surface area contributed by atoms with Crippen molar-refractivity contribution in [1.82, 2.24) is 10.2 Å². The number of likely N-dealkylation sites (tertiary alicyclic amines) is 1. The molecule has 2 aromatic carbocycles. The van der Waals surface area contributed by atoms with Crippen molar-refractivity contribution in [2.75, 3.05) is 13.2 Å². The third-order valence-electron chi connectivity index (χ3n) is 6.36. The number of hydrogen-bond donors (Lipinski definition) is 3. The zero-order valence-corrected chi connectivity index (χ0v) is 18.4. The van der Waals surface area contributed by atoms with Gasteiger partial charge in [-0.3, -0.25) is 4.79 Å². The van der Waals surface area contributed by atoms with Gasteiger partial charge in [0.25, 0.3) is 0 Å². The minimum atomic E-state index is -1.17. The molecule has 0 aromatic heterocycles. The number of alkyl carbamates (subject to hydrolysis) is 1. The Kier molecular flexibility index (Phi) is 6.65. The fourth-order valence-electron chi connectivity index (χ4n) is 4.82. The average molecular weight is 453 g/mol. The van der Waals surface area contributed by atoms with Crippen LogP contribution in [0, 0.1) is 0 Å². The highest BCUT2D eigenvalue weighted by Crippen LogP contribution is 2.44. The van der Waals surface area contributed by atoms with E-state index >= 15 is 0 Å². The minimum Gasteiger partial charge on any atom is -0.480 e. The van der Waals surface area contributed by atoms with E-state index in [0.29, 0.717) is 12.8 Å². The number of nitrogens with one attached hydrogen (secondary N) is 1. The van der Waals surface area contributed by atoms with E-state index < -0.39 is 36.2 Å². The summed E-state index contributed by atoms with van der Waals surface area (Å²) in [6.07, 6.45) is -0.705. The number of benzene rings is 2. The van der Waals surface area contributed by atoms with Crippen molar-refractivity contribution in [2.45, 2.75) is 50.3 Å². The highest BCUT2D eigenvalue weighted by atomic mass is 16.5. The number of carbonyl (C=O) groups is 3. The molecule has 0 saturated carbocycles. The minimum absolute atomic E-state index is 0.0230. The van der Waals surface area contributed by atoms with Crippen LogP contribution in [0.5, 0.6) is 0 Å². The predicted molar refractivity (Wildman–Crippen MR) is 121 cm³/mol. The Bertz CT molecular complexity index is 1010. The summed E-state index contributed by atoms with van der Waals surface area (Å²) in [7, 11) is 0. The summed E-state index contributed by atoms with van der Waals surface area (Å²) in [4.78, 5) is 38.3. The van der Waals surface area contributed by atoms with E-state index in [1.54, 1.807) is 0 Å². The van der Waals surface area contributed by atoms with E-state index in [1.807, 2.05) is 55.5 Å². The number of aliphatic hydroxyl groups excluding tert-OH is 1. The summed E-state index contributed by atoms with van der Waals surface area (Å²) in [5.41, 5.74) is 4.41. The van der Waals surface area contributed by atoms with E-state index in [-0.39, 0.29) is 25.5 Å². The van der Waals surface area contributed by atoms with Crippen molar-refractivity contribution in [3.8, 4) is 11.1 Å². The number of nitrogens with zero attached hydrogens (tertiary/aromatic N) is 1. The van der Waals surface area contributed by atoms with Crippen LogP contribution in [0.4, 0.5) is 4.79 Å². The molecule has 3 atom stereocenters. The van der Waals surface area contributed by atoms with E-state index in [2.05, 4.69) is 5.32 Å². The second-order valence-electron chi connectivity index (χ2n) is 8.55. The van der Waals surface area contributed by atoms with Gasteiger partial charge in [0.1, 0.15) is 18.7 Å². The van der Waals surface area contributed by atoms with Crippen molar-refractivity contribution in [3.05, 3.63) is 59.7 Å². The summed E-state index contributed by atoms with van der Waals surface area (Å²) >= 11 is 0. The third-order valence-corrected chi connectivity index (χ3v) is 6.36. The number of ether oxygens (including phenoxy) is 1. The van der Waals surface area contributed by atoms with Crippen LogP contribution in [-0.2, 0) is 14.3 Å². The largest absolute Gasteiger partial charge is 0.480 e. The molecule has 33 heavy (non-hydrogen) atoms. The van der Waals surface area contributed by atoms with Gasteiger partial charge in [-0.1, -0.05) is 61.9 Å². The lowest BCUT2D eigenvalue weighted by Gasteiger charge is -2.27. The molecule has 1 aliphatic heterocycles. The highest BCUT2D eigenvalue weighted by Gasteiger charge is 2.41. The van der Waals surface area contributed by atoms with Gasteiger partial charge in [0, 0.05) is 18.9 Å². The van der Waals surface area contributed by atoms with Crippen LogP contribution in [0.3, 0.4) is 0 Å². The topological polar surface area (TPSA) is 116 Å². The number of aliphatic hydroxyl groups is 1. The molecular weight excluding hydrogens is 424 g/mol. The fraction of sp³-hybridized carbons (Fsp3) is 0.400. The summed E-state index contributed by atoms with van der Waals surface area (Å²) in [6.45, 7) is 1.92. The number of hydrogen-bond acceptors (Lipinski definition) is 5. The summed E-state index contributed by atoms with van der Waals surface area (Å²) < 4.78 is 5.54. The Morgan fingerprint density at radius 3 is 2.27 bits per heavy atom. The summed E-state index contributed by atoms with van der Waals surface area (Å²) in [5, 5.41) is 21.9. The molecule has 3 N–H and O–H groups in total. The molecule has 8 nitrogen and oxygen atoms in total. The van der Waals surface area contributed by atoms with Crippen molar-refractivity contribution in [3.63, 3.8) is 0 Å². The van der Waals surface area contributed by atoms with E-state index in [0.717, 1.165) is 27.2 Å². The first kappa shape index (κ1) is 22.8. The monoisotopic (exact) mass is 452 g/mol. The Hall–Kier alpha value is -3.39. The average Bonchev–Trinajstić information content (AvgIpc) is 3.35. The first-order valence-corrected chi connectivity index (χ1v) is 11.2. The van der Waals surface area contributed by atoms with Gasteiger partial charge in [0.15, 0.2) is 0 Å². The molecule has 0 spiro atoms. The molecule has 0 bridgehead atoms. The Morgan fingerprint density at radius 1 is 1.09 bits per heavy atom. The van der Waals surface area contributed by atoms with Crippen molar-refractivity contribution < 1.29 is 29.3 Å². The molecule has 2 aliphatic rings. The predicted octanol–water partition coefficient (Wildman–Crippen LogP) is 2.74. The van der Waals surface area contributed by atoms with E-state index in [4.69, 9.17) is 4.74 Å². The lowest BCUT2D eigenvalue weighted by atomic mass is 9.98. The molecule has 4 rings (SSSR count). The number of aliphatic carboxylic acids is 1. The zero-order valence-electron chi connectivity index (χ0n) is 18.4. The number of β-amino-alcohol motifs (C(OH)–C–C–N with tert-alkyl or cyclic N) is 1. The van der Waals surface area contributed by atoms with Crippen molar-refractivity contribution in [2.24, 2.45) is 0 Å². The summed E-state index contributed by atoms with van der Waals surface area (Å²) in [6, 6.07) is 14.0. The Balaban J connectivity index is 1.43. The van der Waals surface area contributed by atoms with Gasteiger partial charge in [-0.05, 0) is 28.7 Å². The summed E-state index contributed by atoms with van der Waals surface area (Å²) in [5.74, 6) is -1.79. The molecule has 1 heterocycles. The normalized spacial score (nSPS) is 20.1. The standard InChI is InChI=1S/C25H28N2O6/c1-2-7-21(23(29)27-13-15(28)12-22(27)24(30)31)26-25(32)33-14-20-18-10-5-3-8-16(18)17-9-4-6-11-19(17)20/h3-6,8-11,15,20-22,28H,2,7,12-14H2,1H3,(H,26,32)(H,30,31)/t15?,21-,22+/m1/s1. The van der Waals surface area contributed by atoms with Gasteiger partial charge in [-0.2, -0.15) is 0 Å². The van der Waals surface area contributed by atoms with Gasteiger partial charge < -0.3 is 25.2 Å². The third kappa shape index (κ3) is 4.57. The molecule has 0 radical (unpaired) electrons. The maximum atomic E-state index is 13.0. The van der Waals surface area contributed by atoms with E-state index in [1.165, 1.54) is 0 Å². The number of amides is 2. The second-order valence-corrected chi connectivity index (χ2v) is 8.55. The van der Waals surface area contributed by atoms with Crippen LogP contribution in [0.2, 0.25) is 0 Å². The molecule has 1 fully saturated rings. The molecule has 2 aromatic rings. The molecular formula is C25H28N2O6. The number of carboxylic acids is 1. The number of rotatable bonds is 7. The van der Waals surface area contributed by atoms with Gasteiger partial charge in [-0.15, -0.1) is 0 Å². The first-order valence-electron chi connectivity index (χ1n) is 11.2. The highest BCUT2D eigenvalue weighted by molar-refractivity contribution is 5.90. The van der Waals surface area contributed by atoms with Gasteiger partial charge in [0.05, 0.1) is 6.10 Å². The van der Waals surface area contributed by atoms with Gasteiger partial charge in [0.2, 0.25) is 5.91 Å². The Morgan fingerprint density at radius 2 is 1.70 bits per heavy atom. The smallest absolute Gasteiger partial charge is 0.407 e. The Labute approximate surface area is 192 Å². The first-order chi connectivity index (χ1) is 15.9. The molecule has 1 unspecified atom stereocenters. The van der Waals surface area contributed by atoms with Crippen LogP contribution in [0.25, 0.3) is 11.1 Å². The fourth-order valence-corrected chi connectivity index (χ4v) is 4.82. The number of fused-ring (bicyclic) bond motifs is 3. The lowest BCUT2D eigenvalue weighted by Crippen LogP contribution is -2.52. The van der Waals surface area contributed by atoms with Crippen molar-refractivity contribution in [1.29, 1.82) is 0 Å². The lowest BCUT2D eigenvalue weighted by molar-refractivity contribution is -0.149. The van der Waals surface area contributed by atoms with Crippen LogP contribution < -0.4 is 5.32 Å². The maximum absolute atomic E-state index is 13.0. The number of carboxylic acid groups (broad SMARTS) is 1. The SMILES string of the molecule is CCC[C@@H](NC(=O)OCC1c2ccccc2-c2ccccc21)C(=O)N1CC(O)C[C@H]1C(=O)O. The molecule has 8 heteroatoms. The molecule has 1 aliphatic carbocycles. The van der Waals surface area contributed by atoms with Crippen LogP contribution in [0.1, 0.15) is 43.2 Å².